The molecule has 5 rings (SSSR count). The number of ether oxygens (including phenoxy) is 1. The van der Waals surface area contributed by atoms with Crippen LogP contribution in [0.4, 0.5) is 4.39 Å². The maximum atomic E-state index is 13.8. The molecule has 1 aliphatic heterocycles. The fourth-order valence-electron chi connectivity index (χ4n) is 3.19. The van der Waals surface area contributed by atoms with E-state index in [9.17, 15) is 9.18 Å². The Hall–Kier alpha value is -4.15. The molecular formula is C19H15FN8O2. The van der Waals surface area contributed by atoms with Gasteiger partial charge in [0.05, 0.1) is 6.54 Å². The van der Waals surface area contributed by atoms with E-state index < -0.39 is 11.9 Å². The van der Waals surface area contributed by atoms with Gasteiger partial charge in [-0.3, -0.25) is 4.79 Å². The molecule has 150 valence electrons. The molecule has 11 heteroatoms. The molecule has 0 radical (unpaired) electrons. The van der Waals surface area contributed by atoms with Crippen LogP contribution in [-0.4, -0.2) is 47.5 Å². The second-order valence-electron chi connectivity index (χ2n) is 6.61. The van der Waals surface area contributed by atoms with Gasteiger partial charge < -0.3 is 10.1 Å². The summed E-state index contributed by atoms with van der Waals surface area (Å²) in [6, 6.07) is 13.1. The molecule has 0 saturated heterocycles. The molecule has 3 heterocycles. The first-order valence-corrected chi connectivity index (χ1v) is 9.13. The summed E-state index contributed by atoms with van der Waals surface area (Å²) in [6.45, 7) is 0.298. The van der Waals surface area contributed by atoms with Gasteiger partial charge in [0, 0.05) is 5.56 Å². The number of nitrogens with one attached hydrogen (secondary N) is 1. The van der Waals surface area contributed by atoms with Gasteiger partial charge in [-0.25, -0.2) is 14.1 Å². The Bertz CT molecular complexity index is 1220. The van der Waals surface area contributed by atoms with Gasteiger partial charge in [0.1, 0.15) is 36.2 Å². The average Bonchev–Trinajstić information content (AvgIpc) is 3.40. The van der Waals surface area contributed by atoms with E-state index in [1.54, 1.807) is 24.3 Å². The van der Waals surface area contributed by atoms with Crippen LogP contribution >= 0.6 is 0 Å². The zero-order chi connectivity index (χ0) is 20.5. The number of para-hydroxylation sites is 2. The molecule has 10 nitrogen and oxygen atoms in total. The van der Waals surface area contributed by atoms with Gasteiger partial charge in [0.2, 0.25) is 5.82 Å². The molecular weight excluding hydrogens is 391 g/mol. The minimum absolute atomic E-state index is 0.0490. The fraction of sp³-hybridized carbons (Fsp3) is 0.158. The highest BCUT2D eigenvalue weighted by atomic mass is 19.1. The van der Waals surface area contributed by atoms with Gasteiger partial charge in [-0.15, -0.1) is 10.2 Å². The summed E-state index contributed by atoms with van der Waals surface area (Å²) in [5.41, 5.74) is 1.13. The highest BCUT2D eigenvalue weighted by Gasteiger charge is 2.29. The number of amides is 1. The van der Waals surface area contributed by atoms with E-state index in [1.165, 1.54) is 21.8 Å². The Balaban J connectivity index is 1.34. The minimum atomic E-state index is -0.613. The zero-order valence-electron chi connectivity index (χ0n) is 15.5. The highest BCUT2D eigenvalue weighted by molar-refractivity contribution is 5.90. The molecule has 1 atom stereocenters. The van der Waals surface area contributed by atoms with Crippen LogP contribution in [0.5, 0.6) is 5.75 Å². The van der Waals surface area contributed by atoms with Gasteiger partial charge in [-0.2, -0.15) is 4.68 Å². The van der Waals surface area contributed by atoms with Crippen molar-refractivity contribution < 1.29 is 13.9 Å². The Labute approximate surface area is 169 Å². The molecule has 0 bridgehead atoms. The Morgan fingerprint density at radius 2 is 2.03 bits per heavy atom. The van der Waals surface area contributed by atoms with Crippen molar-refractivity contribution in [1.29, 1.82) is 0 Å². The Kier molecular flexibility index (Phi) is 4.39. The number of rotatable bonds is 4. The third kappa shape index (κ3) is 3.26. The normalized spacial score (nSPS) is 14.9. The van der Waals surface area contributed by atoms with E-state index in [4.69, 9.17) is 4.74 Å². The van der Waals surface area contributed by atoms with Crippen molar-refractivity contribution in [1.82, 2.24) is 40.3 Å². The lowest BCUT2D eigenvalue weighted by atomic mass is 10.2. The monoisotopic (exact) mass is 406 g/mol. The fourth-order valence-corrected chi connectivity index (χ4v) is 3.19. The van der Waals surface area contributed by atoms with Gasteiger partial charge in [-0.05, 0) is 28.6 Å². The molecule has 30 heavy (non-hydrogen) atoms. The van der Waals surface area contributed by atoms with Crippen LogP contribution in [-0.2, 0) is 6.54 Å². The van der Waals surface area contributed by atoms with E-state index in [2.05, 4.69) is 30.9 Å². The first-order valence-electron chi connectivity index (χ1n) is 9.13. The van der Waals surface area contributed by atoms with Crippen LogP contribution in [0.25, 0.3) is 5.69 Å². The number of tetrazole rings is 1. The third-order valence-electron chi connectivity index (χ3n) is 4.64. The molecule has 2 aromatic heterocycles. The molecule has 0 fully saturated rings. The molecule has 1 amide bonds. The number of fused-ring (bicyclic) bond motifs is 3. The summed E-state index contributed by atoms with van der Waals surface area (Å²) in [6.07, 6.45) is 1.38. The molecule has 4 aromatic rings. The topological polar surface area (TPSA) is 113 Å². The SMILES string of the molecule is O=C(NC1COc2ccccc2-n2nnnc21)c1ncn(Cc2ccccc2F)n1. The van der Waals surface area contributed by atoms with Gasteiger partial charge in [0.15, 0.2) is 5.82 Å². The molecule has 2 aromatic carbocycles. The van der Waals surface area contributed by atoms with Gasteiger partial charge in [-0.1, -0.05) is 30.3 Å². The zero-order valence-corrected chi connectivity index (χ0v) is 15.5. The summed E-state index contributed by atoms with van der Waals surface area (Å²) in [7, 11) is 0. The molecule has 1 aliphatic rings. The first kappa shape index (κ1) is 17.9. The number of carbonyl (C=O) groups is 1. The van der Waals surface area contributed by atoms with Crippen molar-refractivity contribution >= 4 is 5.91 Å². The van der Waals surface area contributed by atoms with Crippen molar-refractivity contribution in [3.63, 3.8) is 0 Å². The lowest BCUT2D eigenvalue weighted by Crippen LogP contribution is -2.34. The van der Waals surface area contributed by atoms with Crippen molar-refractivity contribution in [2.75, 3.05) is 6.61 Å². The van der Waals surface area contributed by atoms with Crippen molar-refractivity contribution in [3.8, 4) is 11.4 Å². The number of benzene rings is 2. The molecule has 1 unspecified atom stereocenters. The number of hydrogen-bond donors (Lipinski definition) is 1. The van der Waals surface area contributed by atoms with E-state index in [-0.39, 0.29) is 24.8 Å². The lowest BCUT2D eigenvalue weighted by Gasteiger charge is -2.13. The van der Waals surface area contributed by atoms with Crippen LogP contribution < -0.4 is 10.1 Å². The maximum absolute atomic E-state index is 13.8. The smallest absolute Gasteiger partial charge is 0.291 e. The number of carbonyl (C=O) groups excluding carboxylic acids is 1. The highest BCUT2D eigenvalue weighted by Crippen LogP contribution is 2.28. The summed E-state index contributed by atoms with van der Waals surface area (Å²) in [5.74, 6) is 0.124. The standard InChI is InChI=1S/C19H15FN8O2/c20-13-6-2-1-5-12(13)9-27-11-21-17(24-27)19(29)22-14-10-30-16-8-4-3-7-15(16)28-18(14)23-25-26-28/h1-8,11,14H,9-10H2,(H,22,29). The summed E-state index contributed by atoms with van der Waals surface area (Å²) < 4.78 is 22.6. The minimum Gasteiger partial charge on any atom is -0.489 e. The van der Waals surface area contributed by atoms with Gasteiger partial charge >= 0.3 is 0 Å². The van der Waals surface area contributed by atoms with Crippen molar-refractivity contribution in [2.24, 2.45) is 0 Å². The number of hydrogen-bond acceptors (Lipinski definition) is 7. The van der Waals surface area contributed by atoms with Crippen molar-refractivity contribution in [3.05, 3.63) is 77.9 Å². The predicted molar refractivity (Wildman–Crippen MR) is 100 cm³/mol. The van der Waals surface area contributed by atoms with Crippen LogP contribution in [0.3, 0.4) is 0 Å². The molecule has 0 aliphatic carbocycles. The Morgan fingerprint density at radius 1 is 1.20 bits per heavy atom. The predicted octanol–water partition coefficient (Wildman–Crippen LogP) is 1.30. The summed E-state index contributed by atoms with van der Waals surface area (Å²) in [4.78, 5) is 16.7. The maximum Gasteiger partial charge on any atom is 0.291 e. The molecule has 0 spiro atoms. The second-order valence-corrected chi connectivity index (χ2v) is 6.61. The van der Waals surface area contributed by atoms with Crippen molar-refractivity contribution in [2.45, 2.75) is 12.6 Å². The summed E-state index contributed by atoms with van der Waals surface area (Å²) >= 11 is 0. The number of aromatic nitrogens is 7. The van der Waals surface area contributed by atoms with E-state index in [0.29, 0.717) is 22.8 Å². The first-order chi connectivity index (χ1) is 14.7. The van der Waals surface area contributed by atoms with E-state index in [1.807, 2.05) is 18.2 Å². The molecule has 1 N–H and O–H groups in total. The van der Waals surface area contributed by atoms with E-state index in [0.717, 1.165) is 0 Å². The van der Waals surface area contributed by atoms with Crippen LogP contribution in [0.15, 0.2) is 54.9 Å². The number of nitrogens with zero attached hydrogens (tertiary/aromatic N) is 7. The lowest BCUT2D eigenvalue weighted by molar-refractivity contribution is 0.0909. The van der Waals surface area contributed by atoms with E-state index >= 15 is 0 Å². The second kappa shape index (κ2) is 7.35. The van der Waals surface area contributed by atoms with Gasteiger partial charge in [0.25, 0.3) is 5.91 Å². The third-order valence-corrected chi connectivity index (χ3v) is 4.64. The van der Waals surface area contributed by atoms with Crippen LogP contribution in [0.1, 0.15) is 28.0 Å². The van der Waals surface area contributed by atoms with Crippen LogP contribution in [0, 0.1) is 5.82 Å². The largest absolute Gasteiger partial charge is 0.489 e. The summed E-state index contributed by atoms with van der Waals surface area (Å²) in [5, 5.41) is 18.7. The molecule has 0 saturated carbocycles. The average molecular weight is 406 g/mol. The number of halogens is 1. The Morgan fingerprint density at radius 3 is 2.93 bits per heavy atom. The van der Waals surface area contributed by atoms with Crippen LogP contribution in [0.2, 0.25) is 0 Å². The quantitative estimate of drug-likeness (QED) is 0.544.